The predicted octanol–water partition coefficient (Wildman–Crippen LogP) is 4.00. The molecule has 1 saturated heterocycles. The van der Waals surface area contributed by atoms with Gasteiger partial charge in [0, 0.05) is 36.3 Å². The third kappa shape index (κ3) is 4.34. The summed E-state index contributed by atoms with van der Waals surface area (Å²) in [6, 6.07) is 14.9. The molecule has 1 saturated carbocycles. The summed E-state index contributed by atoms with van der Waals surface area (Å²) < 4.78 is 11.2. The van der Waals surface area contributed by atoms with Crippen LogP contribution in [0.25, 0.3) is 0 Å². The Hall–Kier alpha value is -2.57. The number of aliphatic hydroxyl groups is 1. The van der Waals surface area contributed by atoms with E-state index in [0.29, 0.717) is 44.7 Å². The number of piperidine rings is 1. The van der Waals surface area contributed by atoms with Crippen LogP contribution in [0.5, 0.6) is 11.5 Å². The molecule has 2 heterocycles. The van der Waals surface area contributed by atoms with Gasteiger partial charge in [-0.15, -0.1) is 0 Å². The summed E-state index contributed by atoms with van der Waals surface area (Å²) >= 11 is 0. The number of likely N-dealkylation sites (tertiary alicyclic amines) is 1. The highest BCUT2D eigenvalue weighted by Crippen LogP contribution is 2.40. The van der Waals surface area contributed by atoms with Gasteiger partial charge in [-0.2, -0.15) is 0 Å². The molecule has 0 aromatic heterocycles. The molecular weight excluding hydrogens is 404 g/mol. The van der Waals surface area contributed by atoms with Crippen LogP contribution in [0.1, 0.15) is 72.5 Å². The van der Waals surface area contributed by atoms with Gasteiger partial charge in [-0.25, -0.2) is 0 Å². The zero-order valence-corrected chi connectivity index (χ0v) is 18.6. The number of rotatable bonds is 5. The zero-order valence-electron chi connectivity index (χ0n) is 18.6. The molecule has 2 aromatic rings. The second-order valence-corrected chi connectivity index (χ2v) is 9.32. The maximum absolute atomic E-state index is 12.7. The van der Waals surface area contributed by atoms with E-state index in [9.17, 15) is 9.90 Å². The number of carbonyl (C=O) groups is 1. The summed E-state index contributed by atoms with van der Waals surface area (Å²) in [6.45, 7) is 3.75. The molecule has 3 aliphatic rings. The molecule has 5 rings (SSSR count). The summed E-state index contributed by atoms with van der Waals surface area (Å²) in [7, 11) is 0. The minimum Gasteiger partial charge on any atom is -0.454 e. The standard InChI is InChI=1S/C26H32N2O4/c1-17(23-3-2-4-24-25(23)32-16-31-24)27-21-10-9-20(15-21)18-5-7-19(8-6-18)26(30)28-13-11-22(29)12-14-28/h2-8,17,20-22,27,29H,9-16H2,1H3/t17-,20+,21?/m1/s1. The summed E-state index contributed by atoms with van der Waals surface area (Å²) in [5.74, 6) is 2.28. The average molecular weight is 437 g/mol. The Kier molecular flexibility index (Phi) is 6.07. The van der Waals surface area contributed by atoms with Gasteiger partial charge in [0.05, 0.1) is 6.10 Å². The third-order valence-electron chi connectivity index (χ3n) is 7.19. The van der Waals surface area contributed by atoms with E-state index in [0.717, 1.165) is 41.9 Å². The fourth-order valence-corrected chi connectivity index (χ4v) is 5.32. The second-order valence-electron chi connectivity index (χ2n) is 9.32. The number of nitrogens with zero attached hydrogens (tertiary/aromatic N) is 1. The lowest BCUT2D eigenvalue weighted by molar-refractivity contribution is 0.0546. The molecule has 3 atom stereocenters. The number of carbonyl (C=O) groups excluding carboxylic acids is 1. The third-order valence-corrected chi connectivity index (χ3v) is 7.19. The molecule has 2 N–H and O–H groups in total. The Balaban J connectivity index is 1.18. The van der Waals surface area contributed by atoms with E-state index >= 15 is 0 Å². The molecule has 1 unspecified atom stereocenters. The molecule has 6 nitrogen and oxygen atoms in total. The summed E-state index contributed by atoms with van der Waals surface area (Å²) in [4.78, 5) is 14.6. The summed E-state index contributed by atoms with van der Waals surface area (Å²) in [6.07, 6.45) is 4.45. The van der Waals surface area contributed by atoms with Crippen molar-refractivity contribution in [3.8, 4) is 11.5 Å². The van der Waals surface area contributed by atoms with Crippen molar-refractivity contribution >= 4 is 5.91 Å². The first-order chi connectivity index (χ1) is 15.6. The topological polar surface area (TPSA) is 71.0 Å². The molecule has 32 heavy (non-hydrogen) atoms. The van der Waals surface area contributed by atoms with E-state index in [2.05, 4.69) is 30.4 Å². The van der Waals surface area contributed by atoms with Crippen molar-refractivity contribution < 1.29 is 19.4 Å². The number of amides is 1. The van der Waals surface area contributed by atoms with Crippen LogP contribution in [0.4, 0.5) is 0 Å². The first-order valence-corrected chi connectivity index (χ1v) is 11.8. The Morgan fingerprint density at radius 3 is 2.62 bits per heavy atom. The molecule has 2 fully saturated rings. The number of aliphatic hydroxyl groups excluding tert-OH is 1. The molecule has 170 valence electrons. The van der Waals surface area contributed by atoms with Crippen LogP contribution in [0, 0.1) is 0 Å². The Labute approximate surface area is 189 Å². The number of benzene rings is 2. The fourth-order valence-electron chi connectivity index (χ4n) is 5.32. The van der Waals surface area contributed by atoms with Crippen LogP contribution in [-0.4, -0.2) is 47.9 Å². The van der Waals surface area contributed by atoms with Crippen LogP contribution in [0.3, 0.4) is 0 Å². The summed E-state index contributed by atoms with van der Waals surface area (Å²) in [5, 5.41) is 13.4. The van der Waals surface area contributed by atoms with Crippen molar-refractivity contribution in [2.24, 2.45) is 0 Å². The average Bonchev–Trinajstić information content (AvgIpc) is 3.48. The van der Waals surface area contributed by atoms with Gasteiger partial charge in [0.2, 0.25) is 6.79 Å². The highest BCUT2D eigenvalue weighted by atomic mass is 16.7. The van der Waals surface area contributed by atoms with Gasteiger partial charge < -0.3 is 24.8 Å². The van der Waals surface area contributed by atoms with Gasteiger partial charge in [0.25, 0.3) is 5.91 Å². The SMILES string of the molecule is C[C@@H](NC1CC[C@H](c2ccc(C(=O)N3CCC(O)CC3)cc2)C1)c1cccc2c1OCO2. The molecule has 1 amide bonds. The lowest BCUT2D eigenvalue weighted by Crippen LogP contribution is -2.40. The molecule has 0 radical (unpaired) electrons. The highest BCUT2D eigenvalue weighted by Gasteiger charge is 2.29. The number of hydrogen-bond acceptors (Lipinski definition) is 5. The highest BCUT2D eigenvalue weighted by molar-refractivity contribution is 5.94. The van der Waals surface area contributed by atoms with E-state index in [-0.39, 0.29) is 18.1 Å². The van der Waals surface area contributed by atoms with Crippen molar-refractivity contribution in [1.29, 1.82) is 0 Å². The number of fused-ring (bicyclic) bond motifs is 1. The van der Waals surface area contributed by atoms with Gasteiger partial charge >= 0.3 is 0 Å². The quantitative estimate of drug-likeness (QED) is 0.741. The monoisotopic (exact) mass is 436 g/mol. The van der Waals surface area contributed by atoms with Crippen LogP contribution < -0.4 is 14.8 Å². The van der Waals surface area contributed by atoms with E-state index in [4.69, 9.17) is 9.47 Å². The number of ether oxygens (including phenoxy) is 2. The summed E-state index contributed by atoms with van der Waals surface area (Å²) in [5.41, 5.74) is 3.20. The first kappa shape index (κ1) is 21.3. The van der Waals surface area contributed by atoms with Gasteiger partial charge in [-0.1, -0.05) is 24.3 Å². The molecule has 0 bridgehead atoms. The zero-order chi connectivity index (χ0) is 22.1. The minimum atomic E-state index is -0.267. The lowest BCUT2D eigenvalue weighted by Gasteiger charge is -2.29. The largest absolute Gasteiger partial charge is 0.454 e. The molecule has 6 heteroatoms. The van der Waals surface area contributed by atoms with Crippen molar-refractivity contribution in [3.05, 3.63) is 59.2 Å². The second kappa shape index (κ2) is 9.12. The van der Waals surface area contributed by atoms with Gasteiger partial charge in [0.15, 0.2) is 11.5 Å². The number of nitrogens with one attached hydrogen (secondary N) is 1. The van der Waals surface area contributed by atoms with E-state index in [1.54, 1.807) is 0 Å². The van der Waals surface area contributed by atoms with Gasteiger partial charge in [-0.05, 0) is 68.7 Å². The van der Waals surface area contributed by atoms with Gasteiger partial charge in [-0.3, -0.25) is 4.79 Å². The van der Waals surface area contributed by atoms with Crippen molar-refractivity contribution in [1.82, 2.24) is 10.2 Å². The Morgan fingerprint density at radius 2 is 1.84 bits per heavy atom. The maximum Gasteiger partial charge on any atom is 0.253 e. The van der Waals surface area contributed by atoms with Crippen LogP contribution in [0.15, 0.2) is 42.5 Å². The molecule has 1 aliphatic carbocycles. The Bertz CT molecular complexity index is 953. The van der Waals surface area contributed by atoms with Crippen molar-refractivity contribution in [2.75, 3.05) is 19.9 Å². The van der Waals surface area contributed by atoms with Crippen LogP contribution >= 0.6 is 0 Å². The Morgan fingerprint density at radius 1 is 1.06 bits per heavy atom. The van der Waals surface area contributed by atoms with Crippen molar-refractivity contribution in [3.63, 3.8) is 0 Å². The number of hydrogen-bond donors (Lipinski definition) is 2. The first-order valence-electron chi connectivity index (χ1n) is 11.8. The lowest BCUT2D eigenvalue weighted by atomic mass is 9.96. The van der Waals surface area contributed by atoms with Crippen LogP contribution in [-0.2, 0) is 0 Å². The van der Waals surface area contributed by atoms with E-state index in [1.807, 2.05) is 29.2 Å². The maximum atomic E-state index is 12.7. The van der Waals surface area contributed by atoms with E-state index in [1.165, 1.54) is 5.56 Å². The number of para-hydroxylation sites is 1. The van der Waals surface area contributed by atoms with E-state index < -0.39 is 0 Å². The minimum absolute atomic E-state index is 0.0739. The molecule has 0 spiro atoms. The van der Waals surface area contributed by atoms with Crippen LogP contribution in [0.2, 0.25) is 0 Å². The van der Waals surface area contributed by atoms with Crippen molar-refractivity contribution in [2.45, 2.75) is 63.1 Å². The smallest absolute Gasteiger partial charge is 0.253 e. The normalized spacial score (nSPS) is 24.0. The van der Waals surface area contributed by atoms with Gasteiger partial charge in [0.1, 0.15) is 0 Å². The fraction of sp³-hybridized carbons (Fsp3) is 0.500. The molecule has 2 aliphatic heterocycles. The molecule has 2 aromatic carbocycles. The predicted molar refractivity (Wildman–Crippen MR) is 122 cm³/mol. The molecular formula is C26H32N2O4.